The maximum absolute atomic E-state index is 12.1. The third kappa shape index (κ3) is 4.99. The van der Waals surface area contributed by atoms with Crippen LogP contribution in [0.2, 0.25) is 0 Å². The largest absolute Gasteiger partial charge is 0.325 e. The van der Waals surface area contributed by atoms with E-state index in [-0.39, 0.29) is 11.4 Å². The highest BCUT2D eigenvalue weighted by molar-refractivity contribution is 7.89. The van der Waals surface area contributed by atoms with Crippen LogP contribution >= 0.6 is 0 Å². The van der Waals surface area contributed by atoms with Gasteiger partial charge in [0, 0.05) is 26.8 Å². The van der Waals surface area contributed by atoms with E-state index in [4.69, 9.17) is 0 Å². The van der Waals surface area contributed by atoms with Gasteiger partial charge in [0.2, 0.25) is 26.0 Å². The predicted molar refractivity (Wildman–Crippen MR) is 88.2 cm³/mol. The summed E-state index contributed by atoms with van der Waals surface area (Å²) in [5.41, 5.74) is 0.984. The Morgan fingerprint density at radius 1 is 1.13 bits per heavy atom. The predicted octanol–water partition coefficient (Wildman–Crippen LogP) is 0.0752. The number of likely N-dealkylation sites (N-methyl/N-ethyl adjacent to an activating group) is 1. The zero-order valence-corrected chi connectivity index (χ0v) is 15.3. The van der Waals surface area contributed by atoms with Crippen molar-refractivity contribution in [1.29, 1.82) is 0 Å². The molecule has 0 aromatic heterocycles. The maximum Gasteiger partial charge on any atom is 0.242 e. The summed E-state index contributed by atoms with van der Waals surface area (Å²) in [6, 6.07) is 4.37. The van der Waals surface area contributed by atoms with Crippen LogP contribution in [0.3, 0.4) is 0 Å². The molecule has 0 radical (unpaired) electrons. The summed E-state index contributed by atoms with van der Waals surface area (Å²) in [4.78, 5) is 12.0. The Balaban J connectivity index is 3.04. The number of hydrogen-bond donors (Lipinski definition) is 1. The molecule has 1 N–H and O–H groups in total. The smallest absolute Gasteiger partial charge is 0.242 e. The van der Waals surface area contributed by atoms with E-state index in [9.17, 15) is 21.6 Å². The average Bonchev–Trinajstić information content (AvgIpc) is 2.39. The Labute approximate surface area is 137 Å². The lowest BCUT2D eigenvalue weighted by molar-refractivity contribution is -0.116. The summed E-state index contributed by atoms with van der Waals surface area (Å²) < 4.78 is 48.8. The van der Waals surface area contributed by atoms with Crippen LogP contribution in [0, 0.1) is 6.92 Å². The molecule has 130 valence electrons. The molecule has 8 nitrogen and oxygen atoms in total. The van der Waals surface area contributed by atoms with Crippen LogP contribution in [0.15, 0.2) is 23.1 Å². The summed E-state index contributed by atoms with van der Waals surface area (Å²) in [7, 11) is -2.99. The molecule has 0 spiro atoms. The molecule has 0 bridgehead atoms. The molecule has 0 aliphatic heterocycles. The molecule has 0 fully saturated rings. The second-order valence-corrected chi connectivity index (χ2v) is 9.57. The fourth-order valence-corrected chi connectivity index (χ4v) is 2.90. The van der Waals surface area contributed by atoms with Crippen molar-refractivity contribution in [3.05, 3.63) is 23.8 Å². The van der Waals surface area contributed by atoms with Crippen molar-refractivity contribution in [1.82, 2.24) is 8.61 Å². The Morgan fingerprint density at radius 2 is 1.70 bits per heavy atom. The number of anilines is 1. The first-order valence-electron chi connectivity index (χ1n) is 6.60. The van der Waals surface area contributed by atoms with Crippen LogP contribution in [0.5, 0.6) is 0 Å². The number of nitrogens with zero attached hydrogens (tertiary/aromatic N) is 2. The highest BCUT2D eigenvalue weighted by atomic mass is 32.2. The first-order chi connectivity index (χ1) is 10.4. The summed E-state index contributed by atoms with van der Waals surface area (Å²) in [6.07, 6.45) is 0.996. The van der Waals surface area contributed by atoms with Gasteiger partial charge < -0.3 is 5.32 Å². The fraction of sp³-hybridized carbons (Fsp3) is 0.462. The first kappa shape index (κ1) is 19.6. The van der Waals surface area contributed by atoms with Gasteiger partial charge in [-0.1, -0.05) is 6.07 Å². The van der Waals surface area contributed by atoms with Crippen molar-refractivity contribution in [2.24, 2.45) is 0 Å². The van der Waals surface area contributed by atoms with Gasteiger partial charge in [-0.3, -0.25) is 4.79 Å². The van der Waals surface area contributed by atoms with Crippen molar-refractivity contribution in [2.45, 2.75) is 11.8 Å². The molecular formula is C13H21N3O5S2. The molecule has 1 rings (SSSR count). The average molecular weight is 363 g/mol. The number of benzene rings is 1. The van der Waals surface area contributed by atoms with E-state index >= 15 is 0 Å². The van der Waals surface area contributed by atoms with Crippen LogP contribution < -0.4 is 5.32 Å². The Bertz CT molecular complexity index is 801. The first-order valence-corrected chi connectivity index (χ1v) is 9.89. The van der Waals surface area contributed by atoms with Gasteiger partial charge in [0.25, 0.3) is 0 Å². The van der Waals surface area contributed by atoms with E-state index in [0.29, 0.717) is 11.3 Å². The van der Waals surface area contributed by atoms with Crippen molar-refractivity contribution < 1.29 is 21.6 Å². The van der Waals surface area contributed by atoms with E-state index in [2.05, 4.69) is 5.32 Å². The molecule has 0 aliphatic rings. The topological polar surface area (TPSA) is 104 Å². The van der Waals surface area contributed by atoms with Gasteiger partial charge in [-0.25, -0.2) is 21.1 Å². The van der Waals surface area contributed by atoms with Crippen molar-refractivity contribution in [3.63, 3.8) is 0 Å². The molecule has 0 saturated carbocycles. The molecule has 1 aromatic rings. The number of sulfonamides is 2. The highest BCUT2D eigenvalue weighted by Gasteiger charge is 2.20. The Kier molecular flexibility index (Phi) is 5.91. The summed E-state index contributed by atoms with van der Waals surface area (Å²) in [5.74, 6) is -0.555. The monoisotopic (exact) mass is 363 g/mol. The number of nitrogens with one attached hydrogen (secondary N) is 1. The summed E-state index contributed by atoms with van der Waals surface area (Å²) in [5, 5.41) is 2.54. The van der Waals surface area contributed by atoms with Crippen LogP contribution in [-0.2, 0) is 24.8 Å². The van der Waals surface area contributed by atoms with Crippen LogP contribution in [0.25, 0.3) is 0 Å². The van der Waals surface area contributed by atoms with Crippen LogP contribution in [0.4, 0.5) is 5.69 Å². The zero-order chi connectivity index (χ0) is 18.0. The van der Waals surface area contributed by atoms with Gasteiger partial charge in [-0.2, -0.15) is 4.31 Å². The second-order valence-electron chi connectivity index (χ2n) is 5.33. The molecular weight excluding hydrogens is 342 g/mol. The Hall–Kier alpha value is -1.49. The Morgan fingerprint density at radius 3 is 2.17 bits per heavy atom. The van der Waals surface area contributed by atoms with E-state index in [0.717, 1.165) is 14.9 Å². The number of carbonyl (C=O) groups excluding carboxylic acids is 1. The quantitative estimate of drug-likeness (QED) is 0.770. The molecule has 0 saturated heterocycles. The number of amides is 1. The molecule has 0 atom stereocenters. The van der Waals surface area contributed by atoms with Gasteiger partial charge in [0.05, 0.1) is 17.7 Å². The molecule has 0 unspecified atom stereocenters. The van der Waals surface area contributed by atoms with Crippen LogP contribution in [-0.4, -0.2) is 65.3 Å². The standard InChI is InChI=1S/C13H21N3O5S2/c1-10-6-7-11(23(20,21)15(2)3)8-12(10)14-13(17)9-16(4)22(5,18)19/h6-8H,9H2,1-5H3,(H,14,17). The van der Waals surface area contributed by atoms with Crippen molar-refractivity contribution in [3.8, 4) is 0 Å². The minimum Gasteiger partial charge on any atom is -0.325 e. The number of rotatable bonds is 6. The number of carbonyl (C=O) groups is 1. The molecule has 23 heavy (non-hydrogen) atoms. The third-order valence-electron chi connectivity index (χ3n) is 3.19. The second kappa shape index (κ2) is 6.95. The van der Waals surface area contributed by atoms with Crippen molar-refractivity contribution >= 4 is 31.6 Å². The molecule has 1 aromatic carbocycles. The third-order valence-corrected chi connectivity index (χ3v) is 6.27. The fourth-order valence-electron chi connectivity index (χ4n) is 1.62. The van der Waals surface area contributed by atoms with Gasteiger partial charge in [-0.15, -0.1) is 0 Å². The van der Waals surface area contributed by atoms with E-state index < -0.39 is 26.0 Å². The minimum atomic E-state index is -3.62. The van der Waals surface area contributed by atoms with E-state index in [1.807, 2.05) is 0 Å². The zero-order valence-electron chi connectivity index (χ0n) is 13.7. The lowest BCUT2D eigenvalue weighted by atomic mass is 10.2. The van der Waals surface area contributed by atoms with Crippen molar-refractivity contribution in [2.75, 3.05) is 39.3 Å². The minimum absolute atomic E-state index is 0.0415. The van der Waals surface area contributed by atoms with Gasteiger partial charge >= 0.3 is 0 Å². The lowest BCUT2D eigenvalue weighted by Crippen LogP contribution is -2.34. The highest BCUT2D eigenvalue weighted by Crippen LogP contribution is 2.22. The molecule has 1 amide bonds. The number of hydrogen-bond acceptors (Lipinski definition) is 5. The normalized spacial score (nSPS) is 12.7. The summed E-state index contributed by atoms with van der Waals surface area (Å²) >= 11 is 0. The van der Waals surface area contributed by atoms with Gasteiger partial charge in [-0.05, 0) is 24.6 Å². The number of aryl methyl sites for hydroxylation is 1. The van der Waals surface area contributed by atoms with E-state index in [1.165, 1.54) is 33.3 Å². The maximum atomic E-state index is 12.1. The molecule has 10 heteroatoms. The van der Waals surface area contributed by atoms with E-state index in [1.54, 1.807) is 13.0 Å². The summed E-state index contributed by atoms with van der Waals surface area (Å²) in [6.45, 7) is 1.35. The lowest BCUT2D eigenvalue weighted by Gasteiger charge is -2.16. The molecule has 0 heterocycles. The van der Waals surface area contributed by atoms with Gasteiger partial charge in [0.15, 0.2) is 0 Å². The SMILES string of the molecule is Cc1ccc(S(=O)(=O)N(C)C)cc1NC(=O)CN(C)S(C)(=O)=O. The molecule has 0 aliphatic carbocycles. The van der Waals surface area contributed by atoms with Crippen LogP contribution in [0.1, 0.15) is 5.56 Å². The van der Waals surface area contributed by atoms with Gasteiger partial charge in [0.1, 0.15) is 0 Å².